The summed E-state index contributed by atoms with van der Waals surface area (Å²) in [5, 5.41) is 10.1. The molecular formula is C21H22O5. The molecule has 5 heteroatoms. The van der Waals surface area contributed by atoms with E-state index in [0.717, 1.165) is 11.3 Å². The van der Waals surface area contributed by atoms with Gasteiger partial charge in [0.15, 0.2) is 5.78 Å². The molecule has 1 aliphatic heterocycles. The molecular weight excluding hydrogens is 332 g/mol. The number of rotatable bonds is 5. The average Bonchev–Trinajstić information content (AvgIpc) is 2.61. The van der Waals surface area contributed by atoms with Crippen LogP contribution >= 0.6 is 0 Å². The van der Waals surface area contributed by atoms with Gasteiger partial charge in [-0.3, -0.25) is 4.79 Å². The first-order chi connectivity index (χ1) is 12.5. The van der Waals surface area contributed by atoms with Crippen LogP contribution < -0.4 is 14.2 Å². The fourth-order valence-electron chi connectivity index (χ4n) is 2.80. The Kier molecular flexibility index (Phi) is 5.16. The zero-order valence-corrected chi connectivity index (χ0v) is 15.1. The highest BCUT2D eigenvalue weighted by atomic mass is 16.5. The molecule has 1 heterocycles. The van der Waals surface area contributed by atoms with Gasteiger partial charge in [-0.05, 0) is 37.6 Å². The molecule has 1 unspecified atom stereocenters. The number of hydrogen-bond donors (Lipinski definition) is 1. The van der Waals surface area contributed by atoms with E-state index in [4.69, 9.17) is 14.2 Å². The second kappa shape index (κ2) is 7.52. The summed E-state index contributed by atoms with van der Waals surface area (Å²) in [7, 11) is 1.50. The number of ketones is 1. The van der Waals surface area contributed by atoms with Gasteiger partial charge in [0.05, 0.1) is 13.5 Å². The van der Waals surface area contributed by atoms with E-state index < -0.39 is 6.10 Å². The van der Waals surface area contributed by atoms with E-state index >= 15 is 0 Å². The molecule has 1 aliphatic rings. The summed E-state index contributed by atoms with van der Waals surface area (Å²) in [6.45, 7) is 4.57. The summed E-state index contributed by atoms with van der Waals surface area (Å²) >= 11 is 0. The van der Waals surface area contributed by atoms with Gasteiger partial charge in [0.2, 0.25) is 0 Å². The van der Waals surface area contributed by atoms with Crippen molar-refractivity contribution >= 4 is 5.78 Å². The number of carbonyl (C=O) groups is 1. The van der Waals surface area contributed by atoms with Gasteiger partial charge in [-0.2, -0.15) is 0 Å². The highest BCUT2D eigenvalue weighted by Gasteiger charge is 2.30. The van der Waals surface area contributed by atoms with Crippen LogP contribution in [-0.4, -0.2) is 24.6 Å². The fourth-order valence-corrected chi connectivity index (χ4v) is 2.80. The largest absolute Gasteiger partial charge is 0.507 e. The third kappa shape index (κ3) is 3.82. The van der Waals surface area contributed by atoms with Crippen molar-refractivity contribution in [1.29, 1.82) is 0 Å². The zero-order valence-electron chi connectivity index (χ0n) is 15.1. The molecule has 0 radical (unpaired) electrons. The Balaban J connectivity index is 1.78. The standard InChI is InChI=1S/C21H22O5/c1-13(2)8-9-25-15-6-4-14(5-7-15)19-12-18(23)21-17(22)10-16(24-3)11-20(21)26-19/h4-8,10-11,19,22H,9,12H2,1-3H3. The van der Waals surface area contributed by atoms with Crippen LogP contribution in [0.25, 0.3) is 0 Å². The number of ether oxygens (including phenoxy) is 3. The molecule has 26 heavy (non-hydrogen) atoms. The first-order valence-electron chi connectivity index (χ1n) is 8.45. The summed E-state index contributed by atoms with van der Waals surface area (Å²) in [5.41, 5.74) is 2.29. The minimum atomic E-state index is -0.409. The maximum atomic E-state index is 12.4. The zero-order chi connectivity index (χ0) is 18.7. The number of benzene rings is 2. The van der Waals surface area contributed by atoms with E-state index in [-0.39, 0.29) is 23.5 Å². The number of aromatic hydroxyl groups is 1. The summed E-state index contributed by atoms with van der Waals surface area (Å²) in [6.07, 6.45) is 1.77. The SMILES string of the molecule is COc1cc(O)c2c(c1)OC(c1ccc(OCC=C(C)C)cc1)CC2=O. The molecule has 1 N–H and O–H groups in total. The van der Waals surface area contributed by atoms with Crippen molar-refractivity contribution in [2.75, 3.05) is 13.7 Å². The lowest BCUT2D eigenvalue weighted by atomic mass is 9.95. The van der Waals surface area contributed by atoms with Gasteiger partial charge in [0.25, 0.3) is 0 Å². The molecule has 0 bridgehead atoms. The molecule has 0 saturated heterocycles. The predicted octanol–water partition coefficient (Wildman–Crippen LogP) is 4.45. The van der Waals surface area contributed by atoms with Crippen LogP contribution in [-0.2, 0) is 0 Å². The Morgan fingerprint density at radius 3 is 2.62 bits per heavy atom. The second-order valence-corrected chi connectivity index (χ2v) is 6.41. The number of phenolic OH excluding ortho intramolecular Hbond substituents is 1. The van der Waals surface area contributed by atoms with Gasteiger partial charge >= 0.3 is 0 Å². The van der Waals surface area contributed by atoms with E-state index in [2.05, 4.69) is 0 Å². The number of hydrogen-bond acceptors (Lipinski definition) is 5. The molecule has 3 rings (SSSR count). The first kappa shape index (κ1) is 17.9. The molecule has 5 nitrogen and oxygen atoms in total. The Hall–Kier alpha value is -2.95. The predicted molar refractivity (Wildman–Crippen MR) is 98.3 cm³/mol. The number of Topliss-reactive ketones (excluding diaryl/α,β-unsaturated/α-hetero) is 1. The average molecular weight is 354 g/mol. The molecule has 0 aromatic heterocycles. The van der Waals surface area contributed by atoms with E-state index in [1.165, 1.54) is 18.7 Å². The third-order valence-corrected chi connectivity index (χ3v) is 4.20. The minimum absolute atomic E-state index is 0.120. The topological polar surface area (TPSA) is 65.0 Å². The van der Waals surface area contributed by atoms with Crippen molar-refractivity contribution in [3.05, 3.63) is 59.2 Å². The molecule has 2 aromatic rings. The monoisotopic (exact) mass is 354 g/mol. The normalized spacial score (nSPS) is 15.7. The minimum Gasteiger partial charge on any atom is -0.507 e. The highest BCUT2D eigenvalue weighted by molar-refractivity contribution is 6.02. The van der Waals surface area contributed by atoms with Gasteiger partial charge in [-0.15, -0.1) is 0 Å². The van der Waals surface area contributed by atoms with E-state index in [0.29, 0.717) is 18.1 Å². The summed E-state index contributed by atoms with van der Waals surface area (Å²) < 4.78 is 16.7. The molecule has 0 fully saturated rings. The number of methoxy groups -OCH3 is 1. The van der Waals surface area contributed by atoms with Crippen molar-refractivity contribution in [2.45, 2.75) is 26.4 Å². The van der Waals surface area contributed by atoms with Crippen molar-refractivity contribution in [3.8, 4) is 23.0 Å². The Morgan fingerprint density at radius 2 is 1.96 bits per heavy atom. The van der Waals surface area contributed by atoms with Gasteiger partial charge in [0.1, 0.15) is 41.3 Å². The van der Waals surface area contributed by atoms with Crippen LogP contribution in [0.15, 0.2) is 48.0 Å². The van der Waals surface area contributed by atoms with Gasteiger partial charge in [-0.1, -0.05) is 17.7 Å². The lowest BCUT2D eigenvalue weighted by Crippen LogP contribution is -2.20. The number of fused-ring (bicyclic) bond motifs is 1. The maximum absolute atomic E-state index is 12.4. The second-order valence-electron chi connectivity index (χ2n) is 6.41. The number of phenols is 1. The van der Waals surface area contributed by atoms with Crippen LogP contribution in [0, 0.1) is 0 Å². The summed E-state index contributed by atoms with van der Waals surface area (Å²) in [4.78, 5) is 12.4. The number of allylic oxidation sites excluding steroid dienone is 1. The van der Waals surface area contributed by atoms with Crippen LogP contribution in [0.5, 0.6) is 23.0 Å². The smallest absolute Gasteiger partial charge is 0.174 e. The van der Waals surface area contributed by atoms with Gasteiger partial charge < -0.3 is 19.3 Å². The molecule has 0 spiro atoms. The summed E-state index contributed by atoms with van der Waals surface area (Å²) in [5.74, 6) is 1.27. The molecule has 0 aliphatic carbocycles. The number of carbonyl (C=O) groups excluding carboxylic acids is 1. The Morgan fingerprint density at radius 1 is 1.23 bits per heavy atom. The molecule has 0 amide bonds. The lowest BCUT2D eigenvalue weighted by Gasteiger charge is -2.26. The first-order valence-corrected chi connectivity index (χ1v) is 8.45. The Bertz CT molecular complexity index is 832. The van der Waals surface area contributed by atoms with Crippen molar-refractivity contribution in [3.63, 3.8) is 0 Å². The van der Waals surface area contributed by atoms with Crippen molar-refractivity contribution in [2.24, 2.45) is 0 Å². The molecule has 1 atom stereocenters. The summed E-state index contributed by atoms with van der Waals surface area (Å²) in [6, 6.07) is 10.5. The van der Waals surface area contributed by atoms with Crippen LogP contribution in [0.3, 0.4) is 0 Å². The third-order valence-electron chi connectivity index (χ3n) is 4.20. The Labute approximate surface area is 152 Å². The van der Waals surface area contributed by atoms with Crippen LogP contribution in [0.4, 0.5) is 0 Å². The van der Waals surface area contributed by atoms with Crippen molar-refractivity contribution < 1.29 is 24.1 Å². The maximum Gasteiger partial charge on any atom is 0.174 e. The van der Waals surface area contributed by atoms with Crippen LogP contribution in [0.1, 0.15) is 42.3 Å². The molecule has 136 valence electrons. The highest BCUT2D eigenvalue weighted by Crippen LogP contribution is 2.41. The van der Waals surface area contributed by atoms with E-state index in [1.54, 1.807) is 6.07 Å². The van der Waals surface area contributed by atoms with E-state index in [9.17, 15) is 9.90 Å². The fraction of sp³-hybridized carbons (Fsp3) is 0.286. The molecule has 2 aromatic carbocycles. The van der Waals surface area contributed by atoms with Gasteiger partial charge in [-0.25, -0.2) is 0 Å². The van der Waals surface area contributed by atoms with Crippen molar-refractivity contribution in [1.82, 2.24) is 0 Å². The van der Waals surface area contributed by atoms with Gasteiger partial charge in [0, 0.05) is 12.1 Å². The van der Waals surface area contributed by atoms with E-state index in [1.807, 2.05) is 44.2 Å². The lowest BCUT2D eigenvalue weighted by molar-refractivity contribution is 0.0844. The van der Waals surface area contributed by atoms with Crippen LogP contribution in [0.2, 0.25) is 0 Å². The molecule has 0 saturated carbocycles. The quantitative estimate of drug-likeness (QED) is 0.804.